The molecule has 0 fully saturated rings. The van der Waals surface area contributed by atoms with Crippen molar-refractivity contribution in [3.63, 3.8) is 0 Å². The number of sulfonamides is 1. The highest BCUT2D eigenvalue weighted by Crippen LogP contribution is 2.39. The van der Waals surface area contributed by atoms with Gasteiger partial charge in [-0.05, 0) is 61.9 Å². The average molecular weight is 437 g/mol. The number of hydrogen-bond acceptors (Lipinski definition) is 6. The van der Waals surface area contributed by atoms with Crippen LogP contribution < -0.4 is 9.62 Å². The van der Waals surface area contributed by atoms with E-state index in [9.17, 15) is 18.0 Å². The van der Waals surface area contributed by atoms with Crippen molar-refractivity contribution in [2.75, 3.05) is 29.5 Å². The molecule has 3 rings (SSSR count). The molecule has 0 saturated heterocycles. The van der Waals surface area contributed by atoms with Crippen LogP contribution in [-0.4, -0.2) is 40.2 Å². The van der Waals surface area contributed by atoms with Crippen LogP contribution in [0.3, 0.4) is 0 Å². The minimum atomic E-state index is -3.68. The van der Waals surface area contributed by atoms with Crippen molar-refractivity contribution < 1.29 is 22.7 Å². The Kier molecular flexibility index (Phi) is 6.00. The maximum absolute atomic E-state index is 12.7. The summed E-state index contributed by atoms with van der Waals surface area (Å²) in [6.45, 7) is 3.43. The first-order valence-corrected chi connectivity index (χ1v) is 11.9. The number of methoxy groups -OCH3 is 1. The molecule has 2 aromatic rings. The molecule has 29 heavy (non-hydrogen) atoms. The quantitative estimate of drug-likeness (QED) is 0.703. The van der Waals surface area contributed by atoms with E-state index in [0.717, 1.165) is 51.4 Å². The second kappa shape index (κ2) is 8.16. The average Bonchev–Trinajstić information content (AvgIpc) is 3.21. The lowest BCUT2D eigenvalue weighted by Gasteiger charge is -2.22. The normalized spacial score (nSPS) is 13.1. The van der Waals surface area contributed by atoms with Crippen LogP contribution >= 0.6 is 11.3 Å². The molecule has 1 amide bonds. The van der Waals surface area contributed by atoms with Crippen molar-refractivity contribution in [3.05, 3.63) is 45.3 Å². The molecule has 0 bridgehead atoms. The number of benzene rings is 1. The van der Waals surface area contributed by atoms with Crippen molar-refractivity contribution >= 4 is 43.9 Å². The molecule has 9 heteroatoms. The second-order valence-corrected chi connectivity index (χ2v) is 10.2. The minimum absolute atomic E-state index is 0.384. The number of hydrogen-bond donors (Lipinski definition) is 1. The summed E-state index contributed by atoms with van der Waals surface area (Å²) >= 11 is 1.35. The van der Waals surface area contributed by atoms with E-state index >= 15 is 0 Å². The summed E-state index contributed by atoms with van der Waals surface area (Å²) in [5.74, 6) is -1.01. The highest BCUT2D eigenvalue weighted by atomic mass is 32.2. The molecule has 0 unspecified atom stereocenters. The zero-order chi connectivity index (χ0) is 21.3. The van der Waals surface area contributed by atoms with Crippen LogP contribution in [0.25, 0.3) is 0 Å². The second-order valence-electron chi connectivity index (χ2n) is 7.14. The summed E-state index contributed by atoms with van der Waals surface area (Å²) in [4.78, 5) is 26.0. The Morgan fingerprint density at radius 1 is 1.21 bits per heavy atom. The van der Waals surface area contributed by atoms with Crippen molar-refractivity contribution in [1.29, 1.82) is 0 Å². The van der Waals surface area contributed by atoms with E-state index in [4.69, 9.17) is 4.74 Å². The van der Waals surface area contributed by atoms with Gasteiger partial charge in [-0.1, -0.05) is 6.07 Å². The van der Waals surface area contributed by atoms with Gasteiger partial charge in [0.05, 0.1) is 24.6 Å². The minimum Gasteiger partial charge on any atom is -0.465 e. The number of thiophene rings is 1. The van der Waals surface area contributed by atoms with Gasteiger partial charge in [-0.15, -0.1) is 11.3 Å². The lowest BCUT2D eigenvalue weighted by molar-refractivity contribution is -0.114. The zero-order valence-electron chi connectivity index (χ0n) is 16.9. The van der Waals surface area contributed by atoms with Gasteiger partial charge in [0.1, 0.15) is 11.5 Å². The first-order chi connectivity index (χ1) is 13.6. The molecule has 1 aromatic carbocycles. The van der Waals surface area contributed by atoms with E-state index in [-0.39, 0.29) is 6.54 Å². The van der Waals surface area contributed by atoms with E-state index < -0.39 is 21.9 Å². The van der Waals surface area contributed by atoms with Crippen LogP contribution in [0.5, 0.6) is 0 Å². The number of aryl methyl sites for hydroxylation is 3. The summed E-state index contributed by atoms with van der Waals surface area (Å²) in [5.41, 5.74) is 3.69. The van der Waals surface area contributed by atoms with Crippen LogP contribution in [0.2, 0.25) is 0 Å². The third-order valence-electron chi connectivity index (χ3n) is 5.03. The van der Waals surface area contributed by atoms with Crippen LogP contribution in [-0.2, 0) is 32.4 Å². The molecule has 0 aliphatic heterocycles. The highest BCUT2D eigenvalue weighted by molar-refractivity contribution is 7.92. The fraction of sp³-hybridized carbons (Fsp3) is 0.400. The molecule has 1 aromatic heterocycles. The Balaban J connectivity index is 1.87. The zero-order valence-corrected chi connectivity index (χ0v) is 18.5. The third kappa shape index (κ3) is 4.45. The Labute approximate surface area is 174 Å². The highest BCUT2D eigenvalue weighted by Gasteiger charge is 2.29. The summed E-state index contributed by atoms with van der Waals surface area (Å²) < 4.78 is 30.6. The summed E-state index contributed by atoms with van der Waals surface area (Å²) in [7, 11) is -2.37. The van der Waals surface area contributed by atoms with E-state index in [1.807, 2.05) is 19.9 Å². The lowest BCUT2D eigenvalue weighted by atomic mass is 10.1. The smallest absolute Gasteiger partial charge is 0.341 e. The van der Waals surface area contributed by atoms with Gasteiger partial charge in [-0.25, -0.2) is 13.2 Å². The maximum atomic E-state index is 12.7. The Hall–Kier alpha value is -2.39. The SMILES string of the molecule is COC(=O)c1c(NC(=O)CN(c2ccc(C)c(C)c2)S(C)(=O)=O)sc2c1CCC2. The monoisotopic (exact) mass is 436 g/mol. The Bertz CT molecular complexity index is 1070. The number of nitrogens with zero attached hydrogens (tertiary/aromatic N) is 1. The van der Waals surface area contributed by atoms with E-state index in [0.29, 0.717) is 16.3 Å². The first kappa shape index (κ1) is 21.3. The lowest BCUT2D eigenvalue weighted by Crippen LogP contribution is -2.37. The fourth-order valence-electron chi connectivity index (χ4n) is 3.39. The maximum Gasteiger partial charge on any atom is 0.341 e. The molecule has 1 heterocycles. The van der Waals surface area contributed by atoms with Crippen LogP contribution in [0, 0.1) is 13.8 Å². The van der Waals surface area contributed by atoms with E-state index in [1.165, 1.54) is 18.4 Å². The molecule has 0 saturated carbocycles. The van der Waals surface area contributed by atoms with Crippen LogP contribution in [0.4, 0.5) is 10.7 Å². The number of amides is 1. The van der Waals surface area contributed by atoms with Gasteiger partial charge in [-0.3, -0.25) is 9.10 Å². The van der Waals surface area contributed by atoms with Gasteiger partial charge in [0.25, 0.3) is 0 Å². The number of carbonyl (C=O) groups excluding carboxylic acids is 2. The number of esters is 1. The molecule has 1 aliphatic carbocycles. The largest absolute Gasteiger partial charge is 0.465 e. The molecule has 1 aliphatic rings. The van der Waals surface area contributed by atoms with Gasteiger partial charge in [0.2, 0.25) is 15.9 Å². The Morgan fingerprint density at radius 2 is 1.93 bits per heavy atom. The first-order valence-electron chi connectivity index (χ1n) is 9.19. The molecular formula is C20H24N2O5S2. The Morgan fingerprint density at radius 3 is 2.55 bits per heavy atom. The van der Waals surface area contributed by atoms with Gasteiger partial charge >= 0.3 is 5.97 Å². The van der Waals surface area contributed by atoms with E-state index in [1.54, 1.807) is 12.1 Å². The van der Waals surface area contributed by atoms with Gasteiger partial charge in [0.15, 0.2) is 0 Å². The molecular weight excluding hydrogens is 412 g/mol. The molecule has 0 spiro atoms. The fourth-order valence-corrected chi connectivity index (χ4v) is 5.53. The number of fused-ring (bicyclic) bond motifs is 1. The van der Waals surface area contributed by atoms with Gasteiger partial charge in [0, 0.05) is 4.88 Å². The van der Waals surface area contributed by atoms with E-state index in [2.05, 4.69) is 5.32 Å². The molecule has 0 radical (unpaired) electrons. The summed E-state index contributed by atoms with van der Waals surface area (Å²) in [5, 5.41) is 3.14. The van der Waals surface area contributed by atoms with Crippen molar-refractivity contribution in [2.45, 2.75) is 33.1 Å². The summed E-state index contributed by atoms with van der Waals surface area (Å²) in [6.07, 6.45) is 3.66. The number of anilines is 2. The number of ether oxygens (including phenoxy) is 1. The standard InChI is InChI=1S/C20H24N2O5S2/c1-12-8-9-14(10-13(12)2)22(29(4,25)26)11-17(23)21-19-18(20(24)27-3)15-6-5-7-16(15)28-19/h8-10H,5-7,11H2,1-4H3,(H,21,23). The van der Waals surface area contributed by atoms with Crippen LogP contribution in [0.1, 0.15) is 38.3 Å². The number of carbonyl (C=O) groups is 2. The van der Waals surface area contributed by atoms with Crippen molar-refractivity contribution in [3.8, 4) is 0 Å². The number of rotatable bonds is 6. The predicted molar refractivity (Wildman–Crippen MR) is 114 cm³/mol. The summed E-state index contributed by atoms with van der Waals surface area (Å²) in [6, 6.07) is 5.24. The van der Waals surface area contributed by atoms with Crippen LogP contribution in [0.15, 0.2) is 18.2 Å². The van der Waals surface area contributed by atoms with Gasteiger partial charge in [-0.2, -0.15) is 0 Å². The van der Waals surface area contributed by atoms with Crippen molar-refractivity contribution in [1.82, 2.24) is 0 Å². The third-order valence-corrected chi connectivity index (χ3v) is 7.38. The molecule has 0 atom stereocenters. The molecule has 156 valence electrons. The van der Waals surface area contributed by atoms with Crippen molar-refractivity contribution in [2.24, 2.45) is 0 Å². The predicted octanol–water partition coefficient (Wildman–Crippen LogP) is 3.04. The molecule has 1 N–H and O–H groups in total. The van der Waals surface area contributed by atoms with Gasteiger partial charge < -0.3 is 10.1 Å². The number of nitrogens with one attached hydrogen (secondary N) is 1. The topological polar surface area (TPSA) is 92.8 Å². The molecule has 7 nitrogen and oxygen atoms in total.